The summed E-state index contributed by atoms with van der Waals surface area (Å²) in [6.07, 6.45) is 1.91. The number of carboxylic acid groups (broad SMARTS) is 1. The second kappa shape index (κ2) is 5.47. The molecule has 124 valence electrons. The maximum absolute atomic E-state index is 13.0. The molecule has 1 aliphatic carbocycles. The second-order valence-electron chi connectivity index (χ2n) is 5.56. The number of carboxylic acids is 1. The number of hydrogen-bond acceptors (Lipinski definition) is 4. The molecule has 1 aromatic rings. The van der Waals surface area contributed by atoms with E-state index in [0.29, 0.717) is 13.0 Å². The molecule has 1 saturated heterocycles. The third kappa shape index (κ3) is 3.19. The second-order valence-corrected chi connectivity index (χ2v) is 7.83. The summed E-state index contributed by atoms with van der Waals surface area (Å²) >= 11 is 5.81. The standard InChI is InChI=1S/C14H13ClFNO5S/c15-10-5-8(16)1-2-11(10)17-23(20,21)12-3-4-14(7-22-14)6-9(12)13(18)19/h1-2,5-6,12,17H,3-4,7H2,(H,18,19). The first-order valence-electron chi connectivity index (χ1n) is 6.79. The summed E-state index contributed by atoms with van der Waals surface area (Å²) < 4.78 is 45.5. The lowest BCUT2D eigenvalue weighted by molar-refractivity contribution is -0.132. The monoisotopic (exact) mass is 361 g/mol. The minimum atomic E-state index is -4.05. The van der Waals surface area contributed by atoms with Gasteiger partial charge in [0.2, 0.25) is 10.0 Å². The fraction of sp³-hybridized carbons (Fsp3) is 0.357. The molecule has 2 N–H and O–H groups in total. The molecule has 0 aromatic heterocycles. The molecule has 1 heterocycles. The lowest BCUT2D eigenvalue weighted by atomic mass is 9.90. The molecule has 2 atom stereocenters. The van der Waals surface area contributed by atoms with Crippen molar-refractivity contribution in [1.82, 2.24) is 0 Å². The number of hydrogen-bond donors (Lipinski definition) is 2. The van der Waals surface area contributed by atoms with Crippen molar-refractivity contribution in [3.63, 3.8) is 0 Å². The number of benzene rings is 1. The molecular formula is C14H13ClFNO5S. The van der Waals surface area contributed by atoms with Crippen LogP contribution in [0.25, 0.3) is 0 Å². The maximum Gasteiger partial charge on any atom is 0.332 e. The van der Waals surface area contributed by atoms with E-state index in [1.165, 1.54) is 12.1 Å². The van der Waals surface area contributed by atoms with E-state index in [0.717, 1.165) is 12.1 Å². The zero-order valence-electron chi connectivity index (χ0n) is 11.8. The normalized spacial score (nSPS) is 26.7. The van der Waals surface area contributed by atoms with Gasteiger partial charge in [-0.15, -0.1) is 0 Å². The van der Waals surface area contributed by atoms with E-state index in [1.54, 1.807) is 0 Å². The van der Waals surface area contributed by atoms with Gasteiger partial charge in [-0.05, 0) is 37.1 Å². The number of rotatable bonds is 4. The van der Waals surface area contributed by atoms with Crippen molar-refractivity contribution in [3.05, 3.63) is 40.7 Å². The van der Waals surface area contributed by atoms with Gasteiger partial charge >= 0.3 is 5.97 Å². The van der Waals surface area contributed by atoms with Crippen LogP contribution in [0.15, 0.2) is 29.8 Å². The maximum atomic E-state index is 13.0. The Morgan fingerprint density at radius 3 is 2.74 bits per heavy atom. The zero-order chi connectivity index (χ0) is 16.8. The van der Waals surface area contributed by atoms with Gasteiger partial charge < -0.3 is 9.84 Å². The molecule has 1 aliphatic heterocycles. The number of aliphatic carboxylic acids is 1. The fourth-order valence-corrected chi connectivity index (χ4v) is 4.45. The van der Waals surface area contributed by atoms with Gasteiger partial charge in [-0.1, -0.05) is 11.6 Å². The van der Waals surface area contributed by atoms with Gasteiger partial charge in [-0.25, -0.2) is 17.6 Å². The summed E-state index contributed by atoms with van der Waals surface area (Å²) in [5, 5.41) is 7.97. The Morgan fingerprint density at radius 1 is 1.48 bits per heavy atom. The molecule has 2 aliphatic rings. The van der Waals surface area contributed by atoms with E-state index in [-0.39, 0.29) is 22.7 Å². The van der Waals surface area contributed by atoms with Crippen LogP contribution in [0.5, 0.6) is 0 Å². The molecule has 0 amide bonds. The van der Waals surface area contributed by atoms with Gasteiger partial charge in [0.1, 0.15) is 16.7 Å². The summed E-state index contributed by atoms with van der Waals surface area (Å²) in [4.78, 5) is 11.4. The summed E-state index contributed by atoms with van der Waals surface area (Å²) in [6.45, 7) is 0.397. The van der Waals surface area contributed by atoms with Crippen LogP contribution in [-0.2, 0) is 19.6 Å². The number of carbonyl (C=O) groups is 1. The van der Waals surface area contributed by atoms with Gasteiger partial charge in [0.15, 0.2) is 0 Å². The molecule has 3 rings (SSSR count). The highest BCUT2D eigenvalue weighted by Gasteiger charge is 2.50. The summed E-state index contributed by atoms with van der Waals surface area (Å²) in [5.41, 5.74) is -0.854. The molecule has 0 radical (unpaired) electrons. The van der Waals surface area contributed by atoms with E-state index >= 15 is 0 Å². The van der Waals surface area contributed by atoms with Gasteiger partial charge in [0, 0.05) is 0 Å². The third-order valence-electron chi connectivity index (χ3n) is 3.92. The molecule has 1 aromatic carbocycles. The Hall–Kier alpha value is -1.64. The van der Waals surface area contributed by atoms with Crippen molar-refractivity contribution in [2.24, 2.45) is 0 Å². The van der Waals surface area contributed by atoms with Crippen LogP contribution >= 0.6 is 11.6 Å². The summed E-state index contributed by atoms with van der Waals surface area (Å²) in [7, 11) is -4.05. The molecule has 6 nitrogen and oxygen atoms in total. The van der Waals surface area contributed by atoms with Crippen LogP contribution in [0, 0.1) is 5.82 Å². The molecule has 9 heteroatoms. The van der Waals surface area contributed by atoms with Crippen LogP contribution in [0.1, 0.15) is 12.8 Å². The quantitative estimate of drug-likeness (QED) is 0.801. The first-order chi connectivity index (χ1) is 10.7. The van der Waals surface area contributed by atoms with E-state index in [4.69, 9.17) is 16.3 Å². The smallest absolute Gasteiger partial charge is 0.332 e. The molecular weight excluding hydrogens is 349 g/mol. The Bertz CT molecular complexity index is 803. The minimum absolute atomic E-state index is 0.000708. The predicted octanol–water partition coefficient (Wildman–Crippen LogP) is 2.16. The predicted molar refractivity (Wildman–Crippen MR) is 81.4 cm³/mol. The van der Waals surface area contributed by atoms with E-state index < -0.39 is 32.7 Å². The van der Waals surface area contributed by atoms with Crippen molar-refractivity contribution < 1.29 is 27.4 Å². The van der Waals surface area contributed by atoms with Crippen molar-refractivity contribution >= 4 is 33.3 Å². The Balaban J connectivity index is 1.91. The molecule has 2 unspecified atom stereocenters. The number of nitrogens with one attached hydrogen (secondary N) is 1. The summed E-state index contributed by atoms with van der Waals surface area (Å²) in [6, 6.07) is 3.22. The van der Waals surface area contributed by atoms with Gasteiger partial charge in [-0.3, -0.25) is 4.72 Å². The number of epoxide rings is 1. The highest BCUT2D eigenvalue weighted by Crippen LogP contribution is 2.42. The van der Waals surface area contributed by atoms with Crippen LogP contribution in [0.4, 0.5) is 10.1 Å². The molecule has 1 spiro atoms. The number of sulfonamides is 1. The van der Waals surface area contributed by atoms with Gasteiger partial charge in [0.05, 0.1) is 22.9 Å². The number of halogens is 2. The Morgan fingerprint density at radius 2 is 2.17 bits per heavy atom. The molecule has 0 saturated carbocycles. The first kappa shape index (κ1) is 16.2. The lowest BCUT2D eigenvalue weighted by Crippen LogP contribution is -2.37. The number of anilines is 1. The highest BCUT2D eigenvalue weighted by atomic mass is 35.5. The van der Waals surface area contributed by atoms with Crippen LogP contribution < -0.4 is 4.72 Å². The molecule has 1 fully saturated rings. The summed E-state index contributed by atoms with van der Waals surface area (Å²) in [5.74, 6) is -1.91. The Kier molecular flexibility index (Phi) is 3.86. The minimum Gasteiger partial charge on any atom is -0.478 e. The van der Waals surface area contributed by atoms with Gasteiger partial charge in [0.25, 0.3) is 0 Å². The average Bonchev–Trinajstić information content (AvgIpc) is 3.20. The highest BCUT2D eigenvalue weighted by molar-refractivity contribution is 7.93. The first-order valence-corrected chi connectivity index (χ1v) is 8.72. The van der Waals surface area contributed by atoms with Crippen molar-refractivity contribution in [1.29, 1.82) is 0 Å². The average molecular weight is 362 g/mol. The van der Waals surface area contributed by atoms with Crippen molar-refractivity contribution in [2.45, 2.75) is 23.7 Å². The van der Waals surface area contributed by atoms with E-state index in [2.05, 4.69) is 4.72 Å². The van der Waals surface area contributed by atoms with Crippen LogP contribution in [0.3, 0.4) is 0 Å². The fourth-order valence-electron chi connectivity index (χ4n) is 2.62. The molecule has 0 bridgehead atoms. The van der Waals surface area contributed by atoms with Crippen molar-refractivity contribution in [2.75, 3.05) is 11.3 Å². The molecule has 23 heavy (non-hydrogen) atoms. The van der Waals surface area contributed by atoms with Crippen molar-refractivity contribution in [3.8, 4) is 0 Å². The SMILES string of the molecule is O=C(O)C1=CC2(CCC1S(=O)(=O)Nc1ccc(F)cc1Cl)CO2. The van der Waals surface area contributed by atoms with E-state index in [9.17, 15) is 22.7 Å². The zero-order valence-corrected chi connectivity index (χ0v) is 13.3. The topological polar surface area (TPSA) is 96.0 Å². The third-order valence-corrected chi connectivity index (χ3v) is 5.97. The number of ether oxygens (including phenoxy) is 1. The Labute approximate surface area is 136 Å². The lowest BCUT2D eigenvalue weighted by Gasteiger charge is -2.25. The largest absolute Gasteiger partial charge is 0.478 e. The van der Waals surface area contributed by atoms with Crippen LogP contribution in [-0.4, -0.2) is 37.0 Å². The van der Waals surface area contributed by atoms with E-state index in [1.807, 2.05) is 0 Å². The van der Waals surface area contributed by atoms with Gasteiger partial charge in [-0.2, -0.15) is 0 Å². The van der Waals surface area contributed by atoms with Crippen LogP contribution in [0.2, 0.25) is 5.02 Å².